The molecule has 8 nitrogen and oxygen atoms in total. The zero-order valence-electron chi connectivity index (χ0n) is 11.8. The molecule has 0 atom stereocenters. The number of aromatic nitrogens is 7. The summed E-state index contributed by atoms with van der Waals surface area (Å²) in [5.41, 5.74) is 1.99. The minimum atomic E-state index is 0.575. The van der Waals surface area contributed by atoms with Crippen molar-refractivity contribution in [1.29, 1.82) is 0 Å². The van der Waals surface area contributed by atoms with E-state index in [0.717, 1.165) is 31.7 Å². The highest BCUT2D eigenvalue weighted by Gasteiger charge is 2.23. The van der Waals surface area contributed by atoms with E-state index in [2.05, 4.69) is 36.7 Å². The molecule has 0 radical (unpaired) electrons. The molecular weight excluding hydrogens is 268 g/mol. The van der Waals surface area contributed by atoms with Crippen LogP contribution in [0.4, 0.5) is 5.82 Å². The monoisotopic (exact) mass is 284 g/mol. The first kappa shape index (κ1) is 12.2. The van der Waals surface area contributed by atoms with Crippen molar-refractivity contribution >= 4 is 11.5 Å². The maximum absolute atomic E-state index is 4.45. The largest absolute Gasteiger partial charge is 0.355 e. The van der Waals surface area contributed by atoms with Crippen molar-refractivity contribution in [1.82, 2.24) is 35.0 Å². The summed E-state index contributed by atoms with van der Waals surface area (Å²) in [6, 6.07) is 6.00. The quantitative estimate of drug-likeness (QED) is 0.687. The highest BCUT2D eigenvalue weighted by Crippen LogP contribution is 2.29. The average molecular weight is 284 g/mol. The van der Waals surface area contributed by atoms with Crippen LogP contribution in [0, 0.1) is 0 Å². The summed E-state index contributed by atoms with van der Waals surface area (Å²) in [6.07, 6.45) is 4.08. The van der Waals surface area contributed by atoms with Gasteiger partial charge in [0.1, 0.15) is 0 Å². The Kier molecular flexibility index (Phi) is 2.80. The van der Waals surface area contributed by atoms with E-state index in [4.69, 9.17) is 0 Å². The zero-order chi connectivity index (χ0) is 14.2. The molecule has 21 heavy (non-hydrogen) atoms. The van der Waals surface area contributed by atoms with Gasteiger partial charge in [-0.25, -0.2) is 0 Å². The summed E-state index contributed by atoms with van der Waals surface area (Å²) >= 11 is 0. The van der Waals surface area contributed by atoms with Gasteiger partial charge in [-0.1, -0.05) is 0 Å². The molecule has 0 saturated carbocycles. The van der Waals surface area contributed by atoms with E-state index in [9.17, 15) is 0 Å². The molecule has 0 aliphatic carbocycles. The lowest BCUT2D eigenvalue weighted by atomic mass is 9.93. The van der Waals surface area contributed by atoms with Crippen LogP contribution in [0.15, 0.2) is 24.4 Å². The van der Waals surface area contributed by atoms with Crippen LogP contribution >= 0.6 is 0 Å². The van der Waals surface area contributed by atoms with Gasteiger partial charge in [0.15, 0.2) is 11.5 Å². The number of hydrogen-bond acceptors (Lipinski definition) is 6. The first-order valence-electron chi connectivity index (χ1n) is 7.09. The molecular formula is C13H16N8. The average Bonchev–Trinajstić information content (AvgIpc) is 3.15. The smallest absolute Gasteiger partial charge is 0.200 e. The van der Waals surface area contributed by atoms with Crippen LogP contribution in [0.1, 0.15) is 24.5 Å². The second-order valence-corrected chi connectivity index (χ2v) is 5.36. The molecule has 1 fully saturated rings. The fourth-order valence-electron chi connectivity index (χ4n) is 3.00. The Labute approximate surface area is 121 Å². The van der Waals surface area contributed by atoms with E-state index in [1.165, 1.54) is 10.3 Å². The van der Waals surface area contributed by atoms with Gasteiger partial charge in [0, 0.05) is 37.9 Å². The predicted octanol–water partition coefficient (Wildman–Crippen LogP) is 0.637. The van der Waals surface area contributed by atoms with Crippen LogP contribution in [0.25, 0.3) is 5.65 Å². The van der Waals surface area contributed by atoms with Crippen LogP contribution in [0.3, 0.4) is 0 Å². The molecule has 4 heterocycles. The van der Waals surface area contributed by atoms with Gasteiger partial charge in [-0.15, -0.1) is 14.8 Å². The molecule has 0 aromatic carbocycles. The minimum absolute atomic E-state index is 0.575. The molecule has 108 valence electrons. The summed E-state index contributed by atoms with van der Waals surface area (Å²) in [5, 5.41) is 20.1. The van der Waals surface area contributed by atoms with E-state index in [1.54, 1.807) is 0 Å². The summed E-state index contributed by atoms with van der Waals surface area (Å²) in [7, 11) is 2.01. The fourth-order valence-corrected chi connectivity index (χ4v) is 3.00. The molecule has 4 rings (SSSR count). The predicted molar refractivity (Wildman–Crippen MR) is 76.0 cm³/mol. The van der Waals surface area contributed by atoms with Crippen LogP contribution in [-0.4, -0.2) is 48.1 Å². The molecule has 3 aromatic heterocycles. The number of aryl methyl sites for hydroxylation is 1. The van der Waals surface area contributed by atoms with Crippen LogP contribution in [0.5, 0.6) is 0 Å². The van der Waals surface area contributed by atoms with Gasteiger partial charge in [-0.2, -0.15) is 5.10 Å². The second kappa shape index (κ2) is 4.80. The van der Waals surface area contributed by atoms with Crippen molar-refractivity contribution in [2.24, 2.45) is 7.05 Å². The van der Waals surface area contributed by atoms with E-state index >= 15 is 0 Å². The first-order chi connectivity index (χ1) is 10.3. The molecule has 1 aliphatic rings. The first-order valence-corrected chi connectivity index (χ1v) is 7.09. The highest BCUT2D eigenvalue weighted by atomic mass is 15.6. The molecule has 0 amide bonds. The minimum Gasteiger partial charge on any atom is -0.355 e. The van der Waals surface area contributed by atoms with Gasteiger partial charge < -0.3 is 4.90 Å². The van der Waals surface area contributed by atoms with Crippen molar-refractivity contribution in [2.45, 2.75) is 18.8 Å². The van der Waals surface area contributed by atoms with Gasteiger partial charge in [0.05, 0.1) is 0 Å². The van der Waals surface area contributed by atoms with Crippen LogP contribution in [0.2, 0.25) is 0 Å². The third-order valence-corrected chi connectivity index (χ3v) is 4.15. The Morgan fingerprint density at radius 1 is 1.14 bits per heavy atom. The van der Waals surface area contributed by atoms with Gasteiger partial charge in [0.2, 0.25) is 0 Å². The molecule has 0 spiro atoms. The molecule has 1 aliphatic heterocycles. The maximum atomic E-state index is 4.45. The lowest BCUT2D eigenvalue weighted by Crippen LogP contribution is -2.34. The lowest BCUT2D eigenvalue weighted by molar-refractivity contribution is 0.473. The summed E-state index contributed by atoms with van der Waals surface area (Å²) < 4.78 is 3.45. The number of piperidine rings is 1. The molecule has 0 N–H and O–H groups in total. The van der Waals surface area contributed by atoms with Gasteiger partial charge in [-0.3, -0.25) is 4.68 Å². The Bertz CT molecular complexity index is 752. The second-order valence-electron chi connectivity index (χ2n) is 5.36. The highest BCUT2D eigenvalue weighted by molar-refractivity contribution is 5.44. The van der Waals surface area contributed by atoms with Gasteiger partial charge in [0.25, 0.3) is 0 Å². The Morgan fingerprint density at radius 3 is 2.76 bits per heavy atom. The SMILES string of the molecule is Cn1nccc1C1CCN(c2ccc3nnnn3n2)CC1. The summed E-state index contributed by atoms with van der Waals surface area (Å²) in [4.78, 5) is 2.29. The third kappa shape index (κ3) is 2.12. The van der Waals surface area contributed by atoms with E-state index < -0.39 is 0 Å². The van der Waals surface area contributed by atoms with Crippen molar-refractivity contribution in [3.05, 3.63) is 30.1 Å². The normalized spacial score (nSPS) is 16.7. The number of anilines is 1. The molecule has 0 unspecified atom stereocenters. The molecule has 3 aromatic rings. The van der Waals surface area contributed by atoms with Gasteiger partial charge >= 0.3 is 0 Å². The Morgan fingerprint density at radius 2 is 2.00 bits per heavy atom. The Hall–Kier alpha value is -2.51. The maximum Gasteiger partial charge on any atom is 0.200 e. The molecule has 8 heteroatoms. The van der Waals surface area contributed by atoms with E-state index in [1.807, 2.05) is 30.1 Å². The molecule has 1 saturated heterocycles. The number of fused-ring (bicyclic) bond motifs is 1. The third-order valence-electron chi connectivity index (χ3n) is 4.15. The van der Waals surface area contributed by atoms with Crippen molar-refractivity contribution in [3.8, 4) is 0 Å². The van der Waals surface area contributed by atoms with Crippen LogP contribution in [-0.2, 0) is 7.05 Å². The summed E-state index contributed by atoms with van der Waals surface area (Å²) in [5.74, 6) is 1.50. The van der Waals surface area contributed by atoms with Gasteiger partial charge in [-0.05, 0) is 41.5 Å². The Balaban J connectivity index is 1.50. The van der Waals surface area contributed by atoms with Crippen molar-refractivity contribution in [2.75, 3.05) is 18.0 Å². The van der Waals surface area contributed by atoms with E-state index in [-0.39, 0.29) is 0 Å². The molecule has 0 bridgehead atoms. The summed E-state index contributed by atoms with van der Waals surface area (Å²) in [6.45, 7) is 1.97. The lowest BCUT2D eigenvalue weighted by Gasteiger charge is -2.32. The topological polar surface area (TPSA) is 77.0 Å². The zero-order valence-corrected chi connectivity index (χ0v) is 11.8. The van der Waals surface area contributed by atoms with Crippen molar-refractivity contribution in [3.63, 3.8) is 0 Å². The van der Waals surface area contributed by atoms with E-state index in [0.29, 0.717) is 11.6 Å². The number of hydrogen-bond donors (Lipinski definition) is 0. The standard InChI is InChI=1S/C13H16N8/c1-19-11(4-7-14-19)10-5-8-20(9-6-10)13-3-2-12-15-17-18-21(12)16-13/h2-4,7,10H,5-6,8-9H2,1H3. The van der Waals surface area contributed by atoms with Crippen LogP contribution < -0.4 is 4.90 Å². The number of rotatable bonds is 2. The fraction of sp³-hybridized carbons (Fsp3) is 0.462. The number of tetrazole rings is 1. The van der Waals surface area contributed by atoms with Crippen molar-refractivity contribution < 1.29 is 0 Å². The number of nitrogens with zero attached hydrogens (tertiary/aromatic N) is 8.